The average molecular weight is 478 g/mol. The van der Waals surface area contributed by atoms with E-state index in [1.165, 1.54) is 7.11 Å². The van der Waals surface area contributed by atoms with Gasteiger partial charge in [-0.3, -0.25) is 14.5 Å². The predicted molar refractivity (Wildman–Crippen MR) is 122 cm³/mol. The highest BCUT2D eigenvalue weighted by molar-refractivity contribution is 6.30. The van der Waals surface area contributed by atoms with Crippen LogP contribution in [0.3, 0.4) is 0 Å². The third kappa shape index (κ3) is 7.24. The van der Waals surface area contributed by atoms with Gasteiger partial charge in [-0.15, -0.1) is 0 Å². The summed E-state index contributed by atoms with van der Waals surface area (Å²) in [5.74, 6) is 0.475. The molecule has 0 saturated carbocycles. The number of hydrogen-bond acceptors (Lipinski definition) is 7. The van der Waals surface area contributed by atoms with E-state index in [-0.39, 0.29) is 19.6 Å². The zero-order chi connectivity index (χ0) is 23.8. The Bertz CT molecular complexity index is 988. The number of primary amides is 2. The van der Waals surface area contributed by atoms with Crippen LogP contribution in [-0.4, -0.2) is 62.3 Å². The molecule has 10 heteroatoms. The topological polar surface area (TPSA) is 126 Å². The van der Waals surface area contributed by atoms with E-state index >= 15 is 0 Å². The molecular weight excluding hydrogens is 450 g/mol. The van der Waals surface area contributed by atoms with Gasteiger partial charge in [0.15, 0.2) is 18.1 Å². The number of amides is 2. The number of methoxy groups -OCH3 is 1. The van der Waals surface area contributed by atoms with Crippen molar-refractivity contribution in [1.29, 1.82) is 0 Å². The molecule has 0 aliphatic carbocycles. The number of morpholine rings is 1. The van der Waals surface area contributed by atoms with Crippen LogP contribution in [0, 0.1) is 0 Å². The SMILES string of the molecule is COc1cc(CN2CCOC(COc3cccc(Cl)c3)(CC(N)=O)C2)ccc1OCC(N)=O. The molecule has 1 heterocycles. The Morgan fingerprint density at radius 1 is 1.12 bits per heavy atom. The molecule has 2 amide bonds. The van der Waals surface area contributed by atoms with E-state index in [2.05, 4.69) is 4.90 Å². The van der Waals surface area contributed by atoms with Gasteiger partial charge in [-0.05, 0) is 35.9 Å². The highest BCUT2D eigenvalue weighted by Gasteiger charge is 2.39. The van der Waals surface area contributed by atoms with Crippen molar-refractivity contribution in [2.75, 3.05) is 40.0 Å². The molecule has 1 atom stereocenters. The van der Waals surface area contributed by atoms with Crippen LogP contribution < -0.4 is 25.7 Å². The van der Waals surface area contributed by atoms with Crippen molar-refractivity contribution in [3.8, 4) is 17.2 Å². The fraction of sp³-hybridized carbons (Fsp3) is 0.391. The van der Waals surface area contributed by atoms with E-state index < -0.39 is 17.4 Å². The second-order valence-corrected chi connectivity index (χ2v) is 8.31. The summed E-state index contributed by atoms with van der Waals surface area (Å²) in [6.45, 7) is 2.02. The molecule has 2 aromatic rings. The number of nitrogens with zero attached hydrogens (tertiary/aromatic N) is 1. The maximum Gasteiger partial charge on any atom is 0.255 e. The van der Waals surface area contributed by atoms with Gasteiger partial charge in [0, 0.05) is 24.7 Å². The van der Waals surface area contributed by atoms with E-state index in [1.54, 1.807) is 30.3 Å². The third-order valence-electron chi connectivity index (χ3n) is 5.13. The second-order valence-electron chi connectivity index (χ2n) is 7.87. The Labute approximate surface area is 197 Å². The van der Waals surface area contributed by atoms with Crippen molar-refractivity contribution in [1.82, 2.24) is 4.90 Å². The predicted octanol–water partition coefficient (Wildman–Crippen LogP) is 1.74. The van der Waals surface area contributed by atoms with Crippen LogP contribution in [0.5, 0.6) is 17.2 Å². The Morgan fingerprint density at radius 2 is 1.94 bits per heavy atom. The molecule has 1 fully saturated rings. The summed E-state index contributed by atoms with van der Waals surface area (Å²) in [5.41, 5.74) is 10.7. The highest BCUT2D eigenvalue weighted by atomic mass is 35.5. The fourth-order valence-corrected chi connectivity index (χ4v) is 3.91. The number of hydrogen-bond donors (Lipinski definition) is 2. The number of halogens is 1. The smallest absolute Gasteiger partial charge is 0.255 e. The van der Waals surface area contributed by atoms with Crippen molar-refractivity contribution in [2.24, 2.45) is 11.5 Å². The minimum atomic E-state index is -0.888. The lowest BCUT2D eigenvalue weighted by Gasteiger charge is -2.42. The third-order valence-corrected chi connectivity index (χ3v) is 5.36. The van der Waals surface area contributed by atoms with Gasteiger partial charge in [0.1, 0.15) is 18.0 Å². The molecule has 4 N–H and O–H groups in total. The molecule has 3 rings (SSSR count). The van der Waals surface area contributed by atoms with Gasteiger partial charge in [0.2, 0.25) is 5.91 Å². The lowest BCUT2D eigenvalue weighted by Crippen LogP contribution is -2.56. The maximum absolute atomic E-state index is 11.8. The molecule has 1 saturated heterocycles. The zero-order valence-corrected chi connectivity index (χ0v) is 19.2. The van der Waals surface area contributed by atoms with Gasteiger partial charge < -0.3 is 30.4 Å². The van der Waals surface area contributed by atoms with E-state index in [4.69, 9.17) is 42.0 Å². The number of benzene rings is 2. The summed E-state index contributed by atoms with van der Waals surface area (Å²) in [4.78, 5) is 25.0. The van der Waals surface area contributed by atoms with Gasteiger partial charge >= 0.3 is 0 Å². The first-order valence-electron chi connectivity index (χ1n) is 10.4. The summed E-state index contributed by atoms with van der Waals surface area (Å²) in [5, 5.41) is 0.555. The molecular formula is C23H28ClN3O6. The highest BCUT2D eigenvalue weighted by Crippen LogP contribution is 2.30. The van der Waals surface area contributed by atoms with Crippen LogP contribution in [0.25, 0.3) is 0 Å². The minimum absolute atomic E-state index is 0.0211. The normalized spacial score (nSPS) is 18.5. The summed E-state index contributed by atoms with van der Waals surface area (Å²) in [7, 11) is 1.52. The Hall–Kier alpha value is -3.01. The monoisotopic (exact) mass is 477 g/mol. The summed E-state index contributed by atoms with van der Waals surface area (Å²) in [6.07, 6.45) is 0.0211. The van der Waals surface area contributed by atoms with Crippen molar-refractivity contribution in [3.05, 3.63) is 53.1 Å². The van der Waals surface area contributed by atoms with Gasteiger partial charge in [-0.1, -0.05) is 23.7 Å². The number of ether oxygens (including phenoxy) is 4. The van der Waals surface area contributed by atoms with Crippen molar-refractivity contribution in [2.45, 2.75) is 18.6 Å². The lowest BCUT2D eigenvalue weighted by molar-refractivity contribution is -0.148. The summed E-state index contributed by atoms with van der Waals surface area (Å²) < 4.78 is 22.7. The van der Waals surface area contributed by atoms with Gasteiger partial charge in [0.25, 0.3) is 5.91 Å². The first-order valence-corrected chi connectivity index (χ1v) is 10.8. The standard InChI is InChI=1S/C23H28ClN3O6/c1-30-20-9-16(5-6-19(20)31-13-22(26)29)12-27-7-8-33-23(14-27,11-21(25)28)15-32-18-4-2-3-17(24)10-18/h2-6,9-10H,7-8,11-15H2,1H3,(H2,25,28)(H2,26,29). The maximum atomic E-state index is 11.8. The molecule has 33 heavy (non-hydrogen) atoms. The Balaban J connectivity index is 1.70. The van der Waals surface area contributed by atoms with E-state index in [0.29, 0.717) is 48.5 Å². The van der Waals surface area contributed by atoms with Gasteiger partial charge in [-0.2, -0.15) is 0 Å². The molecule has 0 spiro atoms. The van der Waals surface area contributed by atoms with E-state index in [1.807, 2.05) is 12.1 Å². The van der Waals surface area contributed by atoms with Crippen LogP contribution in [0.15, 0.2) is 42.5 Å². The quantitative estimate of drug-likeness (QED) is 0.504. The summed E-state index contributed by atoms with van der Waals surface area (Å²) >= 11 is 6.03. The molecule has 0 bridgehead atoms. The largest absolute Gasteiger partial charge is 0.493 e. The van der Waals surface area contributed by atoms with Crippen LogP contribution in [-0.2, 0) is 20.9 Å². The molecule has 1 aliphatic heterocycles. The number of carbonyl (C=O) groups is 2. The van der Waals surface area contributed by atoms with Crippen molar-refractivity contribution < 1.29 is 28.5 Å². The first-order chi connectivity index (χ1) is 15.8. The van der Waals surface area contributed by atoms with Crippen molar-refractivity contribution >= 4 is 23.4 Å². The van der Waals surface area contributed by atoms with Crippen LogP contribution >= 0.6 is 11.6 Å². The fourth-order valence-electron chi connectivity index (χ4n) is 3.73. The van der Waals surface area contributed by atoms with Crippen molar-refractivity contribution in [3.63, 3.8) is 0 Å². The number of carbonyl (C=O) groups excluding carboxylic acids is 2. The van der Waals surface area contributed by atoms with Crippen LogP contribution in [0.4, 0.5) is 0 Å². The molecule has 9 nitrogen and oxygen atoms in total. The first kappa shape index (κ1) is 24.6. The molecule has 0 radical (unpaired) electrons. The van der Waals surface area contributed by atoms with Gasteiger partial charge in [0.05, 0.1) is 20.1 Å². The van der Waals surface area contributed by atoms with Crippen LogP contribution in [0.1, 0.15) is 12.0 Å². The van der Waals surface area contributed by atoms with E-state index in [0.717, 1.165) is 5.56 Å². The average Bonchev–Trinajstić information content (AvgIpc) is 2.76. The van der Waals surface area contributed by atoms with Gasteiger partial charge in [-0.25, -0.2) is 0 Å². The molecule has 0 aromatic heterocycles. The number of rotatable bonds is 11. The Morgan fingerprint density at radius 3 is 2.64 bits per heavy atom. The number of nitrogens with two attached hydrogens (primary N) is 2. The Kier molecular flexibility index (Phi) is 8.37. The molecule has 1 unspecified atom stereocenters. The molecule has 2 aromatic carbocycles. The lowest BCUT2D eigenvalue weighted by atomic mass is 9.97. The minimum Gasteiger partial charge on any atom is -0.493 e. The molecule has 178 valence electrons. The van der Waals surface area contributed by atoms with E-state index in [9.17, 15) is 9.59 Å². The molecule has 1 aliphatic rings. The zero-order valence-electron chi connectivity index (χ0n) is 18.4. The second kappa shape index (κ2) is 11.2. The summed E-state index contributed by atoms with van der Waals surface area (Å²) in [6, 6.07) is 12.5. The van der Waals surface area contributed by atoms with Crippen LogP contribution in [0.2, 0.25) is 5.02 Å².